The molecule has 6 aliphatic rings. The number of thioether (sulfide) groups is 1. The number of hydrogen-bond acceptors (Lipinski definition) is 7. The van der Waals surface area contributed by atoms with E-state index in [-0.39, 0.29) is 17.9 Å². The van der Waals surface area contributed by atoms with Crippen molar-refractivity contribution < 1.29 is 14.1 Å². The Bertz CT molecular complexity index is 763. The zero-order chi connectivity index (χ0) is 22.4. The molecule has 0 bridgehead atoms. The van der Waals surface area contributed by atoms with Crippen molar-refractivity contribution in [2.24, 2.45) is 10.9 Å². The standard InChI is InChI=1S/C24H40N6O2S/c1-30-10-9-22(27-18-7-8-20-21(13-18)33-15-26-20)29(30)24(30)28-17-5-2-4-16(12-17)23(31)25-14-19-6-3-11-32-19/h15-22,24,27-28H,2-14H2,1H3/p+1. The highest BCUT2D eigenvalue weighted by molar-refractivity contribution is 8.12. The molecule has 2 saturated carbocycles. The highest BCUT2D eigenvalue weighted by atomic mass is 32.2. The second-order valence-electron chi connectivity index (χ2n) is 11.3. The summed E-state index contributed by atoms with van der Waals surface area (Å²) >= 11 is 1.93. The molecule has 9 heteroatoms. The average Bonchev–Trinajstić information content (AvgIpc) is 3.35. The minimum Gasteiger partial charge on any atom is -0.376 e. The number of amides is 1. The predicted molar refractivity (Wildman–Crippen MR) is 130 cm³/mol. The number of rotatable bonds is 7. The summed E-state index contributed by atoms with van der Waals surface area (Å²) in [6.45, 7) is 2.72. The molecule has 0 aromatic carbocycles. The normalized spacial score (nSPS) is 48.5. The summed E-state index contributed by atoms with van der Waals surface area (Å²) in [6, 6.07) is 1.62. The van der Waals surface area contributed by atoms with Gasteiger partial charge in [-0.1, -0.05) is 11.4 Å². The first-order valence-electron chi connectivity index (χ1n) is 13.3. The van der Waals surface area contributed by atoms with E-state index < -0.39 is 0 Å². The maximum Gasteiger partial charge on any atom is 0.264 e. The van der Waals surface area contributed by atoms with Crippen LogP contribution in [0.15, 0.2) is 4.99 Å². The van der Waals surface area contributed by atoms with Gasteiger partial charge in [0.2, 0.25) is 5.91 Å². The number of carbonyl (C=O) groups is 1. The van der Waals surface area contributed by atoms with Gasteiger partial charge in [-0.25, -0.2) is 9.91 Å². The molecule has 0 spiro atoms. The van der Waals surface area contributed by atoms with Gasteiger partial charge in [-0.2, -0.15) is 0 Å². The molecule has 0 radical (unpaired) electrons. The quantitative estimate of drug-likeness (QED) is 0.383. The molecular weight excluding hydrogens is 436 g/mol. The average molecular weight is 478 g/mol. The van der Waals surface area contributed by atoms with Crippen LogP contribution in [0.4, 0.5) is 0 Å². The van der Waals surface area contributed by atoms with Gasteiger partial charge in [-0.3, -0.25) is 15.1 Å². The molecule has 0 aromatic rings. The van der Waals surface area contributed by atoms with Crippen LogP contribution in [0.25, 0.3) is 0 Å². The third-order valence-electron chi connectivity index (χ3n) is 9.06. The van der Waals surface area contributed by atoms with Crippen LogP contribution in [0.1, 0.15) is 64.2 Å². The lowest BCUT2D eigenvalue weighted by Crippen LogP contribution is -2.49. The summed E-state index contributed by atoms with van der Waals surface area (Å²) in [4.78, 5) is 17.4. The number of aliphatic imine (C=N–C) groups is 1. The predicted octanol–water partition coefficient (Wildman–Crippen LogP) is 1.78. The second kappa shape index (κ2) is 9.39. The van der Waals surface area contributed by atoms with Crippen molar-refractivity contribution in [1.82, 2.24) is 21.0 Å². The minimum atomic E-state index is 0.141. The molecule has 1 amide bonds. The third-order valence-corrected chi connectivity index (χ3v) is 10.2. The Morgan fingerprint density at radius 1 is 1.12 bits per heavy atom. The van der Waals surface area contributed by atoms with Crippen molar-refractivity contribution in [2.75, 3.05) is 26.7 Å². The van der Waals surface area contributed by atoms with Gasteiger partial charge >= 0.3 is 0 Å². The maximum atomic E-state index is 12.8. The molecule has 33 heavy (non-hydrogen) atoms. The summed E-state index contributed by atoms with van der Waals surface area (Å²) in [7, 11) is 2.37. The molecule has 4 heterocycles. The van der Waals surface area contributed by atoms with Crippen molar-refractivity contribution in [3.8, 4) is 0 Å². The number of hydrogen-bond donors (Lipinski definition) is 3. The number of quaternary nitrogens is 1. The van der Waals surface area contributed by atoms with Crippen molar-refractivity contribution in [3.05, 3.63) is 0 Å². The van der Waals surface area contributed by atoms with E-state index in [1.165, 1.54) is 38.6 Å². The number of fused-ring (bicyclic) bond motifs is 2. The molecule has 2 aliphatic carbocycles. The summed E-state index contributed by atoms with van der Waals surface area (Å²) in [5, 5.41) is 14.5. The Morgan fingerprint density at radius 2 is 2.03 bits per heavy atom. The van der Waals surface area contributed by atoms with Crippen LogP contribution >= 0.6 is 11.8 Å². The lowest BCUT2D eigenvalue weighted by Gasteiger charge is -2.32. The highest BCUT2D eigenvalue weighted by Crippen LogP contribution is 2.44. The molecule has 4 aliphatic heterocycles. The number of nitrogens with zero attached hydrogens (tertiary/aromatic N) is 3. The van der Waals surface area contributed by atoms with E-state index in [1.54, 1.807) is 0 Å². The Labute approximate surface area is 202 Å². The Morgan fingerprint density at radius 3 is 2.91 bits per heavy atom. The summed E-state index contributed by atoms with van der Waals surface area (Å²) in [6.07, 6.45) is 12.5. The van der Waals surface area contributed by atoms with E-state index in [0.29, 0.717) is 42.4 Å². The Hall–Kier alpha value is -0.710. The number of carbonyl (C=O) groups excluding carboxylic acids is 1. The van der Waals surface area contributed by atoms with Crippen LogP contribution in [0.2, 0.25) is 0 Å². The third kappa shape index (κ3) is 4.61. The molecule has 184 valence electrons. The Kier molecular flexibility index (Phi) is 6.47. The molecule has 0 aromatic heterocycles. The first-order valence-corrected chi connectivity index (χ1v) is 14.3. The van der Waals surface area contributed by atoms with Gasteiger partial charge in [0.25, 0.3) is 6.29 Å². The zero-order valence-electron chi connectivity index (χ0n) is 20.0. The molecule has 10 atom stereocenters. The van der Waals surface area contributed by atoms with Crippen LogP contribution in [0.5, 0.6) is 0 Å². The minimum absolute atomic E-state index is 0.141. The number of ether oxygens (including phenoxy) is 1. The van der Waals surface area contributed by atoms with Gasteiger partial charge in [0.15, 0.2) is 0 Å². The lowest BCUT2D eigenvalue weighted by atomic mass is 9.85. The van der Waals surface area contributed by atoms with E-state index in [9.17, 15) is 4.79 Å². The largest absolute Gasteiger partial charge is 0.376 e. The monoisotopic (exact) mass is 477 g/mol. The lowest BCUT2D eigenvalue weighted by molar-refractivity contribution is -0.847. The highest BCUT2D eigenvalue weighted by Gasteiger charge is 2.70. The van der Waals surface area contributed by atoms with Gasteiger partial charge in [0.05, 0.1) is 24.7 Å². The molecule has 5 fully saturated rings. The van der Waals surface area contributed by atoms with E-state index in [1.807, 2.05) is 11.8 Å². The molecular formula is C24H41N6O2S+. The Balaban J connectivity index is 0.981. The molecule has 3 N–H and O–H groups in total. The second-order valence-corrected chi connectivity index (χ2v) is 12.4. The first kappa shape index (κ1) is 22.7. The van der Waals surface area contributed by atoms with Crippen LogP contribution in [0, 0.1) is 5.92 Å². The van der Waals surface area contributed by atoms with E-state index in [4.69, 9.17) is 4.74 Å². The fourth-order valence-electron chi connectivity index (χ4n) is 7.04. The van der Waals surface area contributed by atoms with Crippen molar-refractivity contribution in [1.29, 1.82) is 0 Å². The number of nitrogens with one attached hydrogen (secondary N) is 3. The molecule has 10 unspecified atom stereocenters. The zero-order valence-corrected chi connectivity index (χ0v) is 20.8. The molecule has 8 nitrogen and oxygen atoms in total. The smallest absolute Gasteiger partial charge is 0.264 e. The maximum absolute atomic E-state index is 12.8. The summed E-state index contributed by atoms with van der Waals surface area (Å²) in [5.41, 5.74) is 2.08. The molecule has 3 saturated heterocycles. The van der Waals surface area contributed by atoms with Gasteiger partial charge in [-0.15, -0.1) is 11.8 Å². The summed E-state index contributed by atoms with van der Waals surface area (Å²) < 4.78 is 6.68. The van der Waals surface area contributed by atoms with Crippen molar-refractivity contribution in [3.63, 3.8) is 0 Å². The topological polar surface area (TPSA) is 77.8 Å². The fourth-order valence-corrected chi connectivity index (χ4v) is 8.15. The van der Waals surface area contributed by atoms with Gasteiger partial charge < -0.3 is 10.1 Å². The van der Waals surface area contributed by atoms with Crippen LogP contribution in [-0.2, 0) is 9.53 Å². The van der Waals surface area contributed by atoms with Gasteiger partial charge in [0.1, 0.15) is 12.7 Å². The molecule has 6 rings (SSSR count). The summed E-state index contributed by atoms with van der Waals surface area (Å²) in [5.74, 6) is 0.375. The van der Waals surface area contributed by atoms with E-state index in [2.05, 4.69) is 38.5 Å². The van der Waals surface area contributed by atoms with E-state index >= 15 is 0 Å². The van der Waals surface area contributed by atoms with Crippen molar-refractivity contribution >= 4 is 23.2 Å². The van der Waals surface area contributed by atoms with Gasteiger partial charge in [-0.05, 0) is 51.4 Å². The van der Waals surface area contributed by atoms with Crippen molar-refractivity contribution in [2.45, 2.75) is 106 Å². The van der Waals surface area contributed by atoms with Crippen LogP contribution < -0.4 is 16.0 Å². The van der Waals surface area contributed by atoms with Gasteiger partial charge in [0, 0.05) is 42.8 Å². The van der Waals surface area contributed by atoms with Crippen LogP contribution in [-0.4, -0.2) is 89.7 Å². The van der Waals surface area contributed by atoms with Crippen LogP contribution in [0.3, 0.4) is 0 Å². The fraction of sp³-hybridized carbons (Fsp3) is 0.917. The SMILES string of the molecule is C[N+]12CCC(NC3CCC4N=CSC4C3)N1C2NC1CCCC(C(=O)NCC2CCCO2)C1. The first-order chi connectivity index (χ1) is 16.1. The van der Waals surface area contributed by atoms with E-state index in [0.717, 1.165) is 43.3 Å².